The summed E-state index contributed by atoms with van der Waals surface area (Å²) in [6.07, 6.45) is 2.56. The Morgan fingerprint density at radius 3 is 2.73 bits per heavy atom. The van der Waals surface area contributed by atoms with Gasteiger partial charge in [-0.2, -0.15) is 10.2 Å². The number of hydrogen-bond acceptors (Lipinski definition) is 6. The van der Waals surface area contributed by atoms with Gasteiger partial charge in [0.2, 0.25) is 5.69 Å². The highest BCUT2D eigenvalue weighted by molar-refractivity contribution is 5.96. The second kappa shape index (κ2) is 6.48. The van der Waals surface area contributed by atoms with Crippen LogP contribution in [0.1, 0.15) is 16.1 Å². The van der Waals surface area contributed by atoms with Crippen molar-refractivity contribution in [1.82, 2.24) is 15.2 Å². The van der Waals surface area contributed by atoms with Crippen molar-refractivity contribution in [3.63, 3.8) is 0 Å². The van der Waals surface area contributed by atoms with Gasteiger partial charge in [-0.05, 0) is 29.8 Å². The van der Waals surface area contributed by atoms with Gasteiger partial charge in [-0.1, -0.05) is 0 Å². The van der Waals surface area contributed by atoms with Gasteiger partial charge in [-0.3, -0.25) is 19.6 Å². The maximum atomic E-state index is 11.8. The first-order chi connectivity index (χ1) is 10.5. The van der Waals surface area contributed by atoms with Crippen LogP contribution in [-0.4, -0.2) is 33.9 Å². The van der Waals surface area contributed by atoms with Crippen molar-refractivity contribution in [2.24, 2.45) is 12.1 Å². The van der Waals surface area contributed by atoms with E-state index in [-0.39, 0.29) is 11.4 Å². The van der Waals surface area contributed by atoms with Gasteiger partial charge in [0.05, 0.1) is 18.2 Å². The topological polar surface area (TPSA) is 112 Å². The largest absolute Gasteiger partial charge is 0.497 e. The lowest BCUT2D eigenvalue weighted by molar-refractivity contribution is -0.385. The molecule has 0 spiro atoms. The molecule has 2 rings (SSSR count). The number of aryl methyl sites for hydroxylation is 1. The summed E-state index contributed by atoms with van der Waals surface area (Å²) in [5, 5.41) is 18.3. The highest BCUT2D eigenvalue weighted by Crippen LogP contribution is 2.15. The molecule has 0 atom stereocenters. The maximum Gasteiger partial charge on any atom is 0.320 e. The molecule has 0 saturated heterocycles. The fourth-order valence-electron chi connectivity index (χ4n) is 1.68. The lowest BCUT2D eigenvalue weighted by Crippen LogP contribution is -2.19. The van der Waals surface area contributed by atoms with E-state index >= 15 is 0 Å². The molecule has 9 nitrogen and oxygen atoms in total. The fourth-order valence-corrected chi connectivity index (χ4v) is 1.68. The maximum absolute atomic E-state index is 11.8. The zero-order chi connectivity index (χ0) is 16.1. The summed E-state index contributed by atoms with van der Waals surface area (Å²) in [4.78, 5) is 22.0. The third-order valence-corrected chi connectivity index (χ3v) is 2.72. The number of aromatic nitrogens is 2. The molecule has 1 aromatic heterocycles. The Morgan fingerprint density at radius 1 is 1.45 bits per heavy atom. The standard InChI is InChI=1S/C13H13N5O4/c1-17-8-11(18(20)21)12(16-17)13(19)15-14-7-9-3-5-10(22-2)6-4-9/h3-8H,1-2H3,(H,15,19)/b14-7-. The molecule has 0 fully saturated rings. The molecule has 1 aromatic carbocycles. The van der Waals surface area contributed by atoms with Gasteiger partial charge in [0.15, 0.2) is 0 Å². The van der Waals surface area contributed by atoms with Crippen LogP contribution in [-0.2, 0) is 7.05 Å². The number of nitrogens with one attached hydrogen (secondary N) is 1. The summed E-state index contributed by atoms with van der Waals surface area (Å²) >= 11 is 0. The molecule has 9 heteroatoms. The van der Waals surface area contributed by atoms with Crippen LogP contribution in [0.15, 0.2) is 35.6 Å². The van der Waals surface area contributed by atoms with Crippen LogP contribution < -0.4 is 10.2 Å². The second-order valence-electron chi connectivity index (χ2n) is 4.27. The molecule has 1 amide bonds. The number of rotatable bonds is 5. The summed E-state index contributed by atoms with van der Waals surface area (Å²) in [7, 11) is 3.05. The number of carbonyl (C=O) groups excluding carboxylic acids is 1. The van der Waals surface area contributed by atoms with Crippen molar-refractivity contribution in [2.45, 2.75) is 0 Å². The van der Waals surface area contributed by atoms with Crippen molar-refractivity contribution in [3.8, 4) is 5.75 Å². The minimum atomic E-state index is -0.753. The lowest BCUT2D eigenvalue weighted by Gasteiger charge is -1.99. The average molecular weight is 303 g/mol. The van der Waals surface area contributed by atoms with E-state index in [2.05, 4.69) is 15.6 Å². The van der Waals surface area contributed by atoms with Gasteiger partial charge in [0.25, 0.3) is 5.91 Å². The van der Waals surface area contributed by atoms with Crippen LogP contribution in [0.25, 0.3) is 0 Å². The number of benzene rings is 1. The molecular weight excluding hydrogens is 290 g/mol. The van der Waals surface area contributed by atoms with Gasteiger partial charge >= 0.3 is 5.69 Å². The van der Waals surface area contributed by atoms with E-state index in [1.165, 1.54) is 17.9 Å². The molecule has 114 valence electrons. The zero-order valence-electron chi connectivity index (χ0n) is 11.9. The summed E-state index contributed by atoms with van der Waals surface area (Å²) < 4.78 is 6.21. The zero-order valence-corrected chi connectivity index (χ0v) is 11.9. The number of methoxy groups -OCH3 is 1. The Kier molecular flexibility index (Phi) is 4.47. The van der Waals surface area contributed by atoms with Crippen LogP contribution in [0, 0.1) is 10.1 Å². The Balaban J connectivity index is 2.06. The first-order valence-corrected chi connectivity index (χ1v) is 6.16. The van der Waals surface area contributed by atoms with Crippen molar-refractivity contribution in [3.05, 3.63) is 51.8 Å². The van der Waals surface area contributed by atoms with Crippen molar-refractivity contribution in [1.29, 1.82) is 0 Å². The van der Waals surface area contributed by atoms with Crippen LogP contribution in [0.4, 0.5) is 5.69 Å². The van der Waals surface area contributed by atoms with E-state index in [1.54, 1.807) is 31.4 Å². The molecule has 0 bridgehead atoms. The predicted molar refractivity (Wildman–Crippen MR) is 77.9 cm³/mol. The Morgan fingerprint density at radius 2 is 2.14 bits per heavy atom. The SMILES string of the molecule is COc1ccc(/C=N\NC(=O)c2nn(C)cc2[N+](=O)[O-])cc1. The first kappa shape index (κ1) is 15.2. The number of ether oxygens (including phenoxy) is 1. The number of carbonyl (C=O) groups is 1. The van der Waals surface area contributed by atoms with Gasteiger partial charge < -0.3 is 4.74 Å². The molecule has 0 unspecified atom stereocenters. The highest BCUT2D eigenvalue weighted by atomic mass is 16.6. The number of nitrogens with zero attached hydrogens (tertiary/aromatic N) is 4. The lowest BCUT2D eigenvalue weighted by atomic mass is 10.2. The molecule has 0 radical (unpaired) electrons. The van der Waals surface area contributed by atoms with Gasteiger partial charge in [-0.15, -0.1) is 0 Å². The molecule has 0 aliphatic rings. The number of hydrazone groups is 1. The smallest absolute Gasteiger partial charge is 0.320 e. The van der Waals surface area contributed by atoms with Crippen molar-refractivity contribution < 1.29 is 14.5 Å². The second-order valence-corrected chi connectivity index (χ2v) is 4.27. The molecule has 22 heavy (non-hydrogen) atoms. The summed E-state index contributed by atoms with van der Waals surface area (Å²) in [6.45, 7) is 0. The number of amides is 1. The molecule has 0 saturated carbocycles. The highest BCUT2D eigenvalue weighted by Gasteiger charge is 2.24. The minimum Gasteiger partial charge on any atom is -0.497 e. The molecule has 0 aliphatic carbocycles. The van der Waals surface area contributed by atoms with E-state index < -0.39 is 10.8 Å². The van der Waals surface area contributed by atoms with Crippen LogP contribution in [0.2, 0.25) is 0 Å². The third kappa shape index (κ3) is 3.45. The summed E-state index contributed by atoms with van der Waals surface area (Å²) in [6, 6.07) is 6.98. The normalized spacial score (nSPS) is 10.6. The average Bonchev–Trinajstić information content (AvgIpc) is 2.90. The van der Waals surface area contributed by atoms with Crippen LogP contribution in [0.3, 0.4) is 0 Å². The Labute approximate surface area is 125 Å². The molecule has 1 heterocycles. The third-order valence-electron chi connectivity index (χ3n) is 2.72. The van der Waals surface area contributed by atoms with E-state index in [0.29, 0.717) is 5.75 Å². The molecule has 1 N–H and O–H groups in total. The molecule has 0 aliphatic heterocycles. The van der Waals surface area contributed by atoms with E-state index in [4.69, 9.17) is 4.74 Å². The number of hydrogen-bond donors (Lipinski definition) is 1. The van der Waals surface area contributed by atoms with Gasteiger partial charge in [-0.25, -0.2) is 5.43 Å². The quantitative estimate of drug-likeness (QED) is 0.505. The van der Waals surface area contributed by atoms with Gasteiger partial charge in [0, 0.05) is 7.05 Å². The fraction of sp³-hybridized carbons (Fsp3) is 0.154. The molecule has 2 aromatic rings. The Hall–Kier alpha value is -3.23. The van der Waals surface area contributed by atoms with Crippen LogP contribution in [0.5, 0.6) is 5.75 Å². The first-order valence-electron chi connectivity index (χ1n) is 6.16. The summed E-state index contributed by atoms with van der Waals surface area (Å²) in [5.74, 6) is -0.0534. The number of nitro groups is 1. The van der Waals surface area contributed by atoms with E-state index in [0.717, 1.165) is 11.8 Å². The van der Waals surface area contributed by atoms with E-state index in [1.807, 2.05) is 0 Å². The molecular formula is C13H13N5O4. The summed E-state index contributed by atoms with van der Waals surface area (Å²) in [5.41, 5.74) is 2.27. The van der Waals surface area contributed by atoms with E-state index in [9.17, 15) is 14.9 Å². The Bertz CT molecular complexity index is 721. The van der Waals surface area contributed by atoms with Crippen LogP contribution >= 0.6 is 0 Å². The predicted octanol–water partition coefficient (Wildman–Crippen LogP) is 1.10. The van der Waals surface area contributed by atoms with Gasteiger partial charge in [0.1, 0.15) is 11.9 Å². The van der Waals surface area contributed by atoms with Crippen molar-refractivity contribution >= 4 is 17.8 Å². The monoisotopic (exact) mass is 303 g/mol. The minimum absolute atomic E-state index is 0.292. The van der Waals surface area contributed by atoms with Crippen molar-refractivity contribution in [2.75, 3.05) is 7.11 Å².